The Kier molecular flexibility index (Phi) is 5.04. The van der Waals surface area contributed by atoms with Gasteiger partial charge in [0.05, 0.1) is 31.3 Å². The van der Waals surface area contributed by atoms with Crippen molar-refractivity contribution in [1.82, 2.24) is 4.90 Å². The SMILES string of the molecule is COCCN1C(=O)S/C(=C/c2ccc(N3CCOCC3)o2)C1=O. The summed E-state index contributed by atoms with van der Waals surface area (Å²) in [5, 5.41) is -0.279. The molecule has 0 bridgehead atoms. The minimum atomic E-state index is -0.304. The third kappa shape index (κ3) is 3.60. The molecule has 8 heteroatoms. The molecule has 124 valence electrons. The van der Waals surface area contributed by atoms with Crippen LogP contribution in [-0.2, 0) is 14.3 Å². The van der Waals surface area contributed by atoms with Crippen LogP contribution in [0.1, 0.15) is 5.76 Å². The van der Waals surface area contributed by atoms with Crippen molar-refractivity contribution < 1.29 is 23.5 Å². The van der Waals surface area contributed by atoms with Crippen LogP contribution in [0.25, 0.3) is 6.08 Å². The summed E-state index contributed by atoms with van der Waals surface area (Å²) in [6.45, 7) is 3.49. The van der Waals surface area contributed by atoms with Gasteiger partial charge in [-0.15, -0.1) is 0 Å². The van der Waals surface area contributed by atoms with E-state index in [1.807, 2.05) is 6.07 Å². The molecule has 2 saturated heterocycles. The standard InChI is InChI=1S/C15H18N2O5S/c1-20-7-6-17-14(18)12(23-15(17)19)10-11-2-3-13(22-11)16-4-8-21-9-5-16/h2-3,10H,4-9H2,1H3/b12-10+. The maximum Gasteiger partial charge on any atom is 0.293 e. The minimum absolute atomic E-state index is 0.260. The number of nitrogens with zero attached hydrogens (tertiary/aromatic N) is 2. The summed E-state index contributed by atoms with van der Waals surface area (Å²) in [6.07, 6.45) is 1.61. The van der Waals surface area contributed by atoms with Gasteiger partial charge in [0.1, 0.15) is 5.76 Å². The molecule has 0 aliphatic carbocycles. The third-order valence-electron chi connectivity index (χ3n) is 3.60. The number of imide groups is 1. The van der Waals surface area contributed by atoms with E-state index in [4.69, 9.17) is 13.9 Å². The van der Waals surface area contributed by atoms with Crippen LogP contribution in [0.3, 0.4) is 0 Å². The maximum atomic E-state index is 12.2. The zero-order valence-corrected chi connectivity index (χ0v) is 13.6. The molecule has 7 nitrogen and oxygen atoms in total. The number of morpholine rings is 1. The Morgan fingerprint density at radius 2 is 2.09 bits per heavy atom. The van der Waals surface area contributed by atoms with E-state index >= 15 is 0 Å². The van der Waals surface area contributed by atoms with E-state index in [9.17, 15) is 9.59 Å². The van der Waals surface area contributed by atoms with Gasteiger partial charge in [0, 0.05) is 32.3 Å². The number of carbonyl (C=O) groups excluding carboxylic acids is 2. The van der Waals surface area contributed by atoms with E-state index in [-0.39, 0.29) is 17.7 Å². The van der Waals surface area contributed by atoms with E-state index in [0.29, 0.717) is 30.5 Å². The lowest BCUT2D eigenvalue weighted by Gasteiger charge is -2.26. The fraction of sp³-hybridized carbons (Fsp3) is 0.467. The number of thioether (sulfide) groups is 1. The Morgan fingerprint density at radius 1 is 1.30 bits per heavy atom. The van der Waals surface area contributed by atoms with Crippen LogP contribution in [0.4, 0.5) is 10.7 Å². The zero-order chi connectivity index (χ0) is 16.2. The highest BCUT2D eigenvalue weighted by Crippen LogP contribution is 2.33. The van der Waals surface area contributed by atoms with Gasteiger partial charge in [-0.25, -0.2) is 0 Å². The lowest BCUT2D eigenvalue weighted by Crippen LogP contribution is -2.35. The van der Waals surface area contributed by atoms with Gasteiger partial charge in [-0.05, 0) is 17.8 Å². The van der Waals surface area contributed by atoms with Crippen molar-refractivity contribution in [3.8, 4) is 0 Å². The molecule has 0 atom stereocenters. The van der Waals surface area contributed by atoms with Gasteiger partial charge in [0.15, 0.2) is 5.88 Å². The van der Waals surface area contributed by atoms with Gasteiger partial charge >= 0.3 is 0 Å². The minimum Gasteiger partial charge on any atom is -0.441 e. The normalized spacial score (nSPS) is 20.8. The maximum absolute atomic E-state index is 12.2. The molecule has 2 amide bonds. The average molecular weight is 338 g/mol. The van der Waals surface area contributed by atoms with Gasteiger partial charge < -0.3 is 18.8 Å². The Hall–Kier alpha value is -1.77. The van der Waals surface area contributed by atoms with Crippen LogP contribution in [0.5, 0.6) is 0 Å². The third-order valence-corrected chi connectivity index (χ3v) is 4.51. The van der Waals surface area contributed by atoms with Gasteiger partial charge in [-0.2, -0.15) is 0 Å². The van der Waals surface area contributed by atoms with E-state index < -0.39 is 0 Å². The molecule has 0 unspecified atom stereocenters. The molecule has 0 spiro atoms. The second-order valence-corrected chi connectivity index (χ2v) is 6.09. The first-order valence-corrected chi connectivity index (χ1v) is 8.17. The smallest absolute Gasteiger partial charge is 0.293 e. The number of amides is 2. The van der Waals surface area contributed by atoms with Crippen LogP contribution < -0.4 is 4.90 Å². The summed E-state index contributed by atoms with van der Waals surface area (Å²) in [5.74, 6) is 1.00. The average Bonchev–Trinajstić information content (AvgIpc) is 3.13. The molecule has 2 fully saturated rings. The fourth-order valence-electron chi connectivity index (χ4n) is 2.38. The molecule has 2 aliphatic heterocycles. The van der Waals surface area contributed by atoms with Gasteiger partial charge in [0.25, 0.3) is 11.1 Å². The fourth-order valence-corrected chi connectivity index (χ4v) is 3.22. The van der Waals surface area contributed by atoms with Crippen molar-refractivity contribution in [2.75, 3.05) is 51.5 Å². The topological polar surface area (TPSA) is 72.2 Å². The van der Waals surface area contributed by atoms with Crippen LogP contribution in [0.15, 0.2) is 21.5 Å². The molecule has 1 aromatic heterocycles. The van der Waals surface area contributed by atoms with E-state index in [2.05, 4.69) is 4.90 Å². The summed E-state index contributed by atoms with van der Waals surface area (Å²) >= 11 is 0.921. The molecule has 3 rings (SSSR count). The van der Waals surface area contributed by atoms with Crippen molar-refractivity contribution in [2.45, 2.75) is 0 Å². The van der Waals surface area contributed by atoms with E-state index in [1.165, 1.54) is 12.0 Å². The number of anilines is 1. The summed E-state index contributed by atoms with van der Waals surface area (Å²) in [7, 11) is 1.53. The number of rotatable bonds is 5. The summed E-state index contributed by atoms with van der Waals surface area (Å²) < 4.78 is 16.0. The van der Waals surface area contributed by atoms with Gasteiger partial charge in [-0.1, -0.05) is 0 Å². The molecular weight excluding hydrogens is 320 g/mol. The predicted octanol–water partition coefficient (Wildman–Crippen LogP) is 1.80. The Bertz CT molecular complexity index is 621. The predicted molar refractivity (Wildman–Crippen MR) is 86.3 cm³/mol. The Labute approximate surface area is 138 Å². The molecule has 1 aromatic rings. The van der Waals surface area contributed by atoms with E-state index in [1.54, 1.807) is 12.1 Å². The quantitative estimate of drug-likeness (QED) is 0.758. The van der Waals surface area contributed by atoms with Crippen LogP contribution >= 0.6 is 11.8 Å². The lowest BCUT2D eigenvalue weighted by molar-refractivity contribution is -0.123. The second-order valence-electron chi connectivity index (χ2n) is 5.10. The molecule has 0 N–H and O–H groups in total. The first kappa shape index (κ1) is 16.1. The molecule has 0 radical (unpaired) electrons. The number of methoxy groups -OCH3 is 1. The zero-order valence-electron chi connectivity index (χ0n) is 12.8. The number of hydrogen-bond acceptors (Lipinski definition) is 7. The van der Waals surface area contributed by atoms with Crippen molar-refractivity contribution in [2.24, 2.45) is 0 Å². The largest absolute Gasteiger partial charge is 0.441 e. The summed E-state index contributed by atoms with van der Waals surface area (Å²) in [6, 6.07) is 3.67. The van der Waals surface area contributed by atoms with Crippen molar-refractivity contribution in [1.29, 1.82) is 0 Å². The monoisotopic (exact) mass is 338 g/mol. The number of carbonyl (C=O) groups is 2. The molecule has 0 saturated carbocycles. The second kappa shape index (κ2) is 7.20. The highest BCUT2D eigenvalue weighted by molar-refractivity contribution is 8.18. The van der Waals surface area contributed by atoms with Gasteiger partial charge in [0.2, 0.25) is 0 Å². The molecular formula is C15H18N2O5S. The molecule has 3 heterocycles. The number of ether oxygens (including phenoxy) is 2. The van der Waals surface area contributed by atoms with Crippen LogP contribution in [-0.4, -0.2) is 62.6 Å². The molecule has 2 aliphatic rings. The molecule has 0 aromatic carbocycles. The summed E-state index contributed by atoms with van der Waals surface area (Å²) in [4.78, 5) is 27.7. The highest BCUT2D eigenvalue weighted by Gasteiger charge is 2.34. The van der Waals surface area contributed by atoms with Gasteiger partial charge in [-0.3, -0.25) is 14.5 Å². The van der Waals surface area contributed by atoms with E-state index in [0.717, 1.165) is 30.7 Å². The van der Waals surface area contributed by atoms with Crippen molar-refractivity contribution in [3.05, 3.63) is 22.8 Å². The molecule has 23 heavy (non-hydrogen) atoms. The number of hydrogen-bond donors (Lipinski definition) is 0. The Morgan fingerprint density at radius 3 is 2.83 bits per heavy atom. The first-order valence-electron chi connectivity index (χ1n) is 7.36. The number of furan rings is 1. The first-order chi connectivity index (χ1) is 11.2. The van der Waals surface area contributed by atoms with Crippen molar-refractivity contribution in [3.63, 3.8) is 0 Å². The lowest BCUT2D eigenvalue weighted by atomic mass is 10.3. The van der Waals surface area contributed by atoms with Crippen molar-refractivity contribution >= 4 is 34.9 Å². The van der Waals surface area contributed by atoms with Crippen LogP contribution in [0, 0.1) is 0 Å². The van der Waals surface area contributed by atoms with Crippen LogP contribution in [0.2, 0.25) is 0 Å². The summed E-state index contributed by atoms with van der Waals surface area (Å²) in [5.41, 5.74) is 0. The highest BCUT2D eigenvalue weighted by atomic mass is 32.2. The Balaban J connectivity index is 1.70.